The Balaban J connectivity index is 1.37. The van der Waals surface area contributed by atoms with Crippen molar-refractivity contribution in [1.29, 1.82) is 0 Å². The Morgan fingerprint density at radius 2 is 1.61 bits per heavy atom. The van der Waals surface area contributed by atoms with Crippen LogP contribution in [0.4, 0.5) is 4.39 Å². The van der Waals surface area contributed by atoms with Crippen molar-refractivity contribution in [3.8, 4) is 28.3 Å². The van der Waals surface area contributed by atoms with Crippen LogP contribution in [0.25, 0.3) is 28.3 Å². The zero-order valence-corrected chi connectivity index (χ0v) is 20.1. The van der Waals surface area contributed by atoms with Crippen LogP contribution in [0, 0.1) is 5.82 Å². The van der Waals surface area contributed by atoms with Gasteiger partial charge in [-0.1, -0.05) is 54.6 Å². The summed E-state index contributed by atoms with van der Waals surface area (Å²) in [6.07, 6.45) is 4.32. The smallest absolute Gasteiger partial charge is 0.152 e. The van der Waals surface area contributed by atoms with Crippen molar-refractivity contribution >= 4 is 0 Å². The van der Waals surface area contributed by atoms with E-state index in [1.807, 2.05) is 77.4 Å². The molecule has 3 aromatic carbocycles. The minimum Gasteiger partial charge on any atom is -0.463 e. The van der Waals surface area contributed by atoms with Crippen molar-refractivity contribution in [3.63, 3.8) is 0 Å². The van der Waals surface area contributed by atoms with E-state index in [1.165, 1.54) is 17.7 Å². The largest absolute Gasteiger partial charge is 0.463 e. The molecule has 0 saturated heterocycles. The van der Waals surface area contributed by atoms with E-state index in [-0.39, 0.29) is 5.82 Å². The van der Waals surface area contributed by atoms with Gasteiger partial charge in [-0.25, -0.2) is 9.07 Å². The van der Waals surface area contributed by atoms with Gasteiger partial charge < -0.3 is 9.52 Å². The van der Waals surface area contributed by atoms with Gasteiger partial charge in [-0.05, 0) is 73.0 Å². The molecule has 0 aliphatic carbocycles. The summed E-state index contributed by atoms with van der Waals surface area (Å²) in [5.41, 5.74) is 5.82. The van der Waals surface area contributed by atoms with Crippen LogP contribution in [0.5, 0.6) is 0 Å². The highest BCUT2D eigenvalue weighted by Gasteiger charge is 2.20. The Bertz CT molecular complexity index is 1380. The number of nitrogens with zero attached hydrogens (tertiary/aromatic N) is 3. The van der Waals surface area contributed by atoms with Gasteiger partial charge >= 0.3 is 0 Å². The highest BCUT2D eigenvalue weighted by Crippen LogP contribution is 2.29. The van der Waals surface area contributed by atoms with Crippen molar-refractivity contribution in [2.45, 2.75) is 25.6 Å². The molecule has 1 N–H and O–H groups in total. The van der Waals surface area contributed by atoms with Gasteiger partial charge in [-0.3, -0.25) is 4.90 Å². The number of halogens is 1. The van der Waals surface area contributed by atoms with Gasteiger partial charge in [0.15, 0.2) is 5.76 Å². The molecule has 0 fully saturated rings. The molecule has 182 valence electrons. The van der Waals surface area contributed by atoms with E-state index < -0.39 is 6.23 Å². The first-order valence-electron chi connectivity index (χ1n) is 12.0. The molecular formula is C30H28FN3O2. The Labute approximate surface area is 210 Å². The average Bonchev–Trinajstić information content (AvgIpc) is 3.58. The maximum Gasteiger partial charge on any atom is 0.152 e. The van der Waals surface area contributed by atoms with Crippen molar-refractivity contribution < 1.29 is 13.9 Å². The number of hydrogen-bond acceptors (Lipinski definition) is 4. The van der Waals surface area contributed by atoms with Crippen molar-refractivity contribution in [2.24, 2.45) is 0 Å². The maximum absolute atomic E-state index is 13.3. The number of aromatic nitrogens is 2. The zero-order chi connectivity index (χ0) is 24.9. The van der Waals surface area contributed by atoms with Crippen LogP contribution < -0.4 is 0 Å². The van der Waals surface area contributed by atoms with E-state index >= 15 is 0 Å². The van der Waals surface area contributed by atoms with Crippen LogP contribution in [0.2, 0.25) is 0 Å². The third-order valence-corrected chi connectivity index (χ3v) is 6.35. The Hall–Kier alpha value is -4.00. The van der Waals surface area contributed by atoms with E-state index in [1.54, 1.807) is 18.4 Å². The summed E-state index contributed by atoms with van der Waals surface area (Å²) in [4.78, 5) is 1.92. The number of rotatable bonds is 9. The van der Waals surface area contributed by atoms with Gasteiger partial charge in [0.2, 0.25) is 0 Å². The molecule has 2 aromatic heterocycles. The Morgan fingerprint density at radius 1 is 0.917 bits per heavy atom. The molecule has 5 aromatic rings. The fourth-order valence-corrected chi connectivity index (χ4v) is 4.34. The van der Waals surface area contributed by atoms with Crippen molar-refractivity contribution in [2.75, 3.05) is 7.05 Å². The average molecular weight is 482 g/mol. The van der Waals surface area contributed by atoms with Gasteiger partial charge in [-0.2, -0.15) is 5.10 Å². The van der Waals surface area contributed by atoms with Gasteiger partial charge in [0.1, 0.15) is 17.7 Å². The second-order valence-electron chi connectivity index (χ2n) is 8.88. The minimum absolute atomic E-state index is 0.252. The third-order valence-electron chi connectivity index (χ3n) is 6.35. The van der Waals surface area contributed by atoms with E-state index in [2.05, 4.69) is 17.2 Å². The predicted octanol–water partition coefficient (Wildman–Crippen LogP) is 6.32. The molecule has 36 heavy (non-hydrogen) atoms. The predicted molar refractivity (Wildman–Crippen MR) is 139 cm³/mol. The molecular weight excluding hydrogens is 453 g/mol. The second kappa shape index (κ2) is 10.7. The lowest BCUT2D eigenvalue weighted by Crippen LogP contribution is -2.31. The number of aryl methyl sites for hydroxylation is 1. The summed E-state index contributed by atoms with van der Waals surface area (Å²) in [6.45, 7) is 0.514. The molecule has 6 heteroatoms. The number of hydrogen-bond donors (Lipinski definition) is 1. The van der Waals surface area contributed by atoms with E-state index in [0.29, 0.717) is 18.7 Å². The monoisotopic (exact) mass is 481 g/mol. The molecule has 0 aliphatic rings. The summed E-state index contributed by atoms with van der Waals surface area (Å²) < 4.78 is 20.9. The molecule has 1 unspecified atom stereocenters. The number of benzene rings is 3. The van der Waals surface area contributed by atoms with E-state index in [4.69, 9.17) is 4.42 Å². The Morgan fingerprint density at radius 3 is 2.28 bits per heavy atom. The lowest BCUT2D eigenvalue weighted by atomic mass is 10.1. The summed E-state index contributed by atoms with van der Waals surface area (Å²) in [5, 5.41) is 15.5. The van der Waals surface area contributed by atoms with Crippen LogP contribution >= 0.6 is 0 Å². The first-order valence-corrected chi connectivity index (χ1v) is 12.0. The van der Waals surface area contributed by atoms with E-state index in [0.717, 1.165) is 34.5 Å². The van der Waals surface area contributed by atoms with Gasteiger partial charge in [0.25, 0.3) is 0 Å². The lowest BCUT2D eigenvalue weighted by Gasteiger charge is -2.23. The van der Waals surface area contributed by atoms with Crippen molar-refractivity contribution in [1.82, 2.24) is 14.7 Å². The fraction of sp³-hybridized carbons (Fsp3) is 0.167. The van der Waals surface area contributed by atoms with Gasteiger partial charge in [0.05, 0.1) is 18.1 Å². The molecule has 0 amide bonds. The van der Waals surface area contributed by atoms with Gasteiger partial charge in [-0.15, -0.1) is 0 Å². The molecule has 0 bridgehead atoms. The van der Waals surface area contributed by atoms with Gasteiger partial charge in [0, 0.05) is 12.1 Å². The lowest BCUT2D eigenvalue weighted by molar-refractivity contribution is 0.0108. The number of aliphatic hydroxyl groups excluding tert-OH is 1. The maximum atomic E-state index is 13.3. The molecule has 0 saturated carbocycles. The fourth-order valence-electron chi connectivity index (χ4n) is 4.34. The number of aliphatic hydroxyl groups is 1. The molecule has 2 heterocycles. The first kappa shape index (κ1) is 23.7. The molecule has 1 atom stereocenters. The summed E-state index contributed by atoms with van der Waals surface area (Å²) in [5.74, 6) is 0.454. The van der Waals surface area contributed by atoms with E-state index in [9.17, 15) is 9.50 Å². The highest BCUT2D eigenvalue weighted by atomic mass is 19.1. The van der Waals surface area contributed by atoms with Crippen LogP contribution in [0.1, 0.15) is 17.5 Å². The number of furan rings is 1. The standard InChI is InChI=1S/C30H28FN3O2/c1-33(29(35)18-9-22-6-3-2-4-7-22)21-25-20-32-34(30(25)28-8-5-19-36-28)27-16-12-24(13-17-27)23-10-14-26(31)15-11-23/h2-8,10-17,19-20,29,35H,9,18,21H2,1H3. The SMILES string of the molecule is CN(Cc1cnn(-c2ccc(-c3ccc(F)cc3)cc2)c1-c1ccco1)C(O)CCc1ccccc1. The normalized spacial score (nSPS) is 12.2. The van der Waals surface area contributed by atoms with Crippen LogP contribution in [0.15, 0.2) is 108 Å². The third kappa shape index (κ3) is 5.30. The van der Waals surface area contributed by atoms with Crippen LogP contribution in [0.3, 0.4) is 0 Å². The molecule has 5 rings (SSSR count). The zero-order valence-electron chi connectivity index (χ0n) is 20.1. The van der Waals surface area contributed by atoms with Crippen molar-refractivity contribution in [3.05, 3.63) is 120 Å². The molecule has 0 spiro atoms. The summed E-state index contributed by atoms with van der Waals surface area (Å²) in [7, 11) is 1.91. The molecule has 0 radical (unpaired) electrons. The quantitative estimate of drug-likeness (QED) is 0.250. The second-order valence-corrected chi connectivity index (χ2v) is 8.88. The summed E-state index contributed by atoms with van der Waals surface area (Å²) >= 11 is 0. The summed E-state index contributed by atoms with van der Waals surface area (Å²) in [6, 6.07) is 28.4. The molecule has 0 aliphatic heterocycles. The highest BCUT2D eigenvalue weighted by molar-refractivity contribution is 5.66. The molecule has 5 nitrogen and oxygen atoms in total. The van der Waals surface area contributed by atoms with Crippen LogP contribution in [-0.4, -0.2) is 33.1 Å². The van der Waals surface area contributed by atoms with Crippen LogP contribution in [-0.2, 0) is 13.0 Å². The Kier molecular flexibility index (Phi) is 7.07. The minimum atomic E-state index is -0.590. The first-order chi connectivity index (χ1) is 17.6. The topological polar surface area (TPSA) is 54.4 Å².